The molecule has 0 saturated carbocycles. The lowest BCUT2D eigenvalue weighted by Crippen LogP contribution is -2.26. The van der Waals surface area contributed by atoms with Gasteiger partial charge in [0.2, 0.25) is 0 Å². The lowest BCUT2D eigenvalue weighted by molar-refractivity contribution is -0.136. The Kier molecular flexibility index (Phi) is 5.92. The van der Waals surface area contributed by atoms with Gasteiger partial charge in [-0.15, -0.1) is 0 Å². The lowest BCUT2D eigenvalue weighted by atomic mass is 10.1. The van der Waals surface area contributed by atoms with Gasteiger partial charge in [0.25, 0.3) is 0 Å². The highest BCUT2D eigenvalue weighted by Crippen LogP contribution is 2.24. The quantitative estimate of drug-likeness (QED) is 0.634. The molecule has 0 amide bonds. The van der Waals surface area contributed by atoms with Gasteiger partial charge < -0.3 is 14.6 Å². The summed E-state index contributed by atoms with van der Waals surface area (Å²) in [7, 11) is 0. The molecule has 1 N–H and O–H groups in total. The molecule has 1 aromatic heterocycles. The smallest absolute Gasteiger partial charge is 0.419 e. The molecule has 6 nitrogen and oxygen atoms in total. The van der Waals surface area contributed by atoms with Crippen molar-refractivity contribution in [1.82, 2.24) is 4.57 Å². The van der Waals surface area contributed by atoms with Gasteiger partial charge in [0, 0.05) is 23.6 Å². The van der Waals surface area contributed by atoms with Crippen molar-refractivity contribution in [2.75, 3.05) is 0 Å². The Morgan fingerprint density at radius 2 is 1.72 bits per heavy atom. The number of ether oxygens (including phenoxy) is 2. The lowest BCUT2D eigenvalue weighted by Gasteiger charge is -2.19. The predicted molar refractivity (Wildman–Crippen MR) is 110 cm³/mol. The number of aryl methyl sites for hydroxylation is 1. The normalized spacial score (nSPS) is 11.4. The summed E-state index contributed by atoms with van der Waals surface area (Å²) >= 11 is 0. The molecular weight excluding hydrogens is 370 g/mol. The van der Waals surface area contributed by atoms with Crippen LogP contribution in [0.2, 0.25) is 0 Å². The Balaban J connectivity index is 1.75. The molecule has 0 bridgehead atoms. The largest absolute Gasteiger partial charge is 0.489 e. The maximum absolute atomic E-state index is 12.6. The highest BCUT2D eigenvalue weighted by molar-refractivity contribution is 5.92. The van der Waals surface area contributed by atoms with Crippen molar-refractivity contribution in [2.24, 2.45) is 0 Å². The Bertz CT molecular complexity index is 1010. The van der Waals surface area contributed by atoms with Crippen molar-refractivity contribution in [3.05, 3.63) is 65.9 Å². The fourth-order valence-corrected chi connectivity index (χ4v) is 2.99. The summed E-state index contributed by atoms with van der Waals surface area (Å²) in [6.07, 6.45) is 1.91. The second-order valence-corrected chi connectivity index (χ2v) is 7.85. The number of benzene rings is 2. The number of rotatable bonds is 6. The van der Waals surface area contributed by atoms with E-state index in [1.807, 2.05) is 69.3 Å². The van der Waals surface area contributed by atoms with Crippen LogP contribution < -0.4 is 4.74 Å². The second kappa shape index (κ2) is 8.39. The monoisotopic (exact) mass is 395 g/mol. The summed E-state index contributed by atoms with van der Waals surface area (Å²) in [5.41, 5.74) is 2.01. The van der Waals surface area contributed by atoms with Crippen molar-refractivity contribution >= 4 is 23.0 Å². The van der Waals surface area contributed by atoms with E-state index in [2.05, 4.69) is 0 Å². The fraction of sp³-hybridized carbons (Fsp3) is 0.304. The number of carbonyl (C=O) groups excluding carboxylic acids is 1. The summed E-state index contributed by atoms with van der Waals surface area (Å²) in [5.74, 6) is -0.134. The molecule has 0 aliphatic heterocycles. The average Bonchev–Trinajstić information content (AvgIpc) is 3.03. The Labute approximate surface area is 169 Å². The molecule has 29 heavy (non-hydrogen) atoms. The second-order valence-electron chi connectivity index (χ2n) is 7.85. The molecule has 6 heteroatoms. The van der Waals surface area contributed by atoms with Crippen LogP contribution in [0.25, 0.3) is 10.9 Å². The molecule has 3 aromatic rings. The van der Waals surface area contributed by atoms with Crippen LogP contribution in [-0.2, 0) is 22.6 Å². The number of aromatic nitrogens is 1. The summed E-state index contributed by atoms with van der Waals surface area (Å²) < 4.78 is 12.9. The Morgan fingerprint density at radius 1 is 1.03 bits per heavy atom. The SMILES string of the molecule is CC(C)(C)OC(=O)n1cc(COc2ccc(CCC(=O)O)cc2)c2ccccc21. The molecule has 3 rings (SSSR count). The first-order chi connectivity index (χ1) is 13.7. The van der Waals surface area contributed by atoms with Gasteiger partial charge in [-0.2, -0.15) is 0 Å². The number of carbonyl (C=O) groups is 2. The Hall–Kier alpha value is -3.28. The van der Waals surface area contributed by atoms with Gasteiger partial charge >= 0.3 is 12.1 Å². The molecule has 0 aliphatic rings. The maximum Gasteiger partial charge on any atom is 0.419 e. The zero-order chi connectivity index (χ0) is 21.0. The van der Waals surface area contributed by atoms with Crippen LogP contribution in [0.1, 0.15) is 38.3 Å². The van der Waals surface area contributed by atoms with Gasteiger partial charge in [-0.05, 0) is 51.0 Å². The summed E-state index contributed by atoms with van der Waals surface area (Å²) in [4.78, 5) is 23.2. The predicted octanol–water partition coefficient (Wildman–Crippen LogP) is 5.02. The van der Waals surface area contributed by atoms with E-state index in [1.165, 1.54) is 4.57 Å². The fourth-order valence-electron chi connectivity index (χ4n) is 2.99. The first-order valence-corrected chi connectivity index (χ1v) is 9.49. The molecule has 0 radical (unpaired) electrons. The van der Waals surface area contributed by atoms with Gasteiger partial charge in [0.1, 0.15) is 18.0 Å². The number of hydrogen-bond donors (Lipinski definition) is 1. The molecule has 0 saturated heterocycles. The molecule has 0 atom stereocenters. The van der Waals surface area contributed by atoms with Crippen LogP contribution in [0.15, 0.2) is 54.7 Å². The molecule has 0 fully saturated rings. The van der Waals surface area contributed by atoms with Crippen LogP contribution in [-0.4, -0.2) is 27.3 Å². The van der Waals surface area contributed by atoms with E-state index in [4.69, 9.17) is 14.6 Å². The molecule has 1 heterocycles. The number of para-hydroxylation sites is 1. The third-order valence-corrected chi connectivity index (χ3v) is 4.33. The first-order valence-electron chi connectivity index (χ1n) is 9.49. The van der Waals surface area contributed by atoms with E-state index in [0.717, 1.165) is 22.0 Å². The van der Waals surface area contributed by atoms with Crippen LogP contribution in [0.5, 0.6) is 5.75 Å². The minimum atomic E-state index is -0.813. The van der Waals surface area contributed by atoms with E-state index >= 15 is 0 Å². The number of carboxylic acids is 1. The summed E-state index contributed by atoms with van der Waals surface area (Å²) in [6, 6.07) is 15.0. The van der Waals surface area contributed by atoms with Crippen LogP contribution in [0.3, 0.4) is 0 Å². The number of aliphatic carboxylic acids is 1. The van der Waals surface area contributed by atoms with E-state index in [-0.39, 0.29) is 6.42 Å². The third kappa shape index (κ3) is 5.38. The minimum Gasteiger partial charge on any atom is -0.489 e. The first kappa shape index (κ1) is 20.5. The van der Waals surface area contributed by atoms with Gasteiger partial charge in [-0.25, -0.2) is 4.79 Å². The van der Waals surface area contributed by atoms with Gasteiger partial charge in [0.05, 0.1) is 5.52 Å². The maximum atomic E-state index is 12.6. The number of carboxylic acid groups (broad SMARTS) is 1. The van der Waals surface area contributed by atoms with Crippen molar-refractivity contribution < 1.29 is 24.2 Å². The van der Waals surface area contributed by atoms with Crippen LogP contribution in [0.4, 0.5) is 4.79 Å². The molecular formula is C23H25NO5. The number of fused-ring (bicyclic) bond motifs is 1. The molecule has 0 aliphatic carbocycles. The molecule has 2 aromatic carbocycles. The topological polar surface area (TPSA) is 77.8 Å². The number of hydrogen-bond acceptors (Lipinski definition) is 4. The zero-order valence-electron chi connectivity index (χ0n) is 16.8. The van der Waals surface area contributed by atoms with Crippen molar-refractivity contribution in [1.29, 1.82) is 0 Å². The van der Waals surface area contributed by atoms with Crippen molar-refractivity contribution in [3.8, 4) is 5.75 Å². The van der Waals surface area contributed by atoms with Gasteiger partial charge in [0.15, 0.2) is 0 Å². The third-order valence-electron chi connectivity index (χ3n) is 4.33. The van der Waals surface area contributed by atoms with Crippen LogP contribution in [0, 0.1) is 0 Å². The molecule has 0 unspecified atom stereocenters. The van der Waals surface area contributed by atoms with E-state index in [1.54, 1.807) is 6.20 Å². The highest BCUT2D eigenvalue weighted by Gasteiger charge is 2.20. The van der Waals surface area contributed by atoms with Crippen molar-refractivity contribution in [2.45, 2.75) is 45.8 Å². The molecule has 0 spiro atoms. The van der Waals surface area contributed by atoms with Crippen molar-refractivity contribution in [3.63, 3.8) is 0 Å². The van der Waals surface area contributed by atoms with Gasteiger partial charge in [-0.3, -0.25) is 9.36 Å². The molecule has 152 valence electrons. The van der Waals surface area contributed by atoms with E-state index in [0.29, 0.717) is 18.8 Å². The Morgan fingerprint density at radius 3 is 2.38 bits per heavy atom. The highest BCUT2D eigenvalue weighted by atomic mass is 16.6. The summed E-state index contributed by atoms with van der Waals surface area (Å²) in [5, 5.41) is 9.70. The van der Waals surface area contributed by atoms with Gasteiger partial charge in [-0.1, -0.05) is 30.3 Å². The van der Waals surface area contributed by atoms with E-state index in [9.17, 15) is 9.59 Å². The average molecular weight is 395 g/mol. The number of nitrogens with zero attached hydrogens (tertiary/aromatic N) is 1. The van der Waals surface area contributed by atoms with Crippen LogP contribution >= 0.6 is 0 Å². The zero-order valence-corrected chi connectivity index (χ0v) is 16.8. The standard InChI is InChI=1S/C23H25NO5/c1-23(2,3)29-22(27)24-14-17(19-6-4-5-7-20(19)24)15-28-18-11-8-16(9-12-18)10-13-21(25)26/h4-9,11-12,14H,10,13,15H2,1-3H3,(H,25,26). The van der Waals surface area contributed by atoms with E-state index < -0.39 is 17.7 Å². The minimum absolute atomic E-state index is 0.102. The summed E-state index contributed by atoms with van der Waals surface area (Å²) in [6.45, 7) is 5.80.